The zero-order valence-corrected chi connectivity index (χ0v) is 18.0. The SMILES string of the molecule is Cc1ccnc([N-]S(=O)(=O)c2ccc(NC(=O)c3c(-c4ccccc4)noc3C)cc2)n1. The molecule has 2 aromatic heterocycles. The average Bonchev–Trinajstić information content (AvgIpc) is 3.16. The van der Waals surface area contributed by atoms with Crippen molar-refractivity contribution in [3.8, 4) is 11.3 Å². The van der Waals surface area contributed by atoms with Crippen LogP contribution in [-0.4, -0.2) is 29.4 Å². The van der Waals surface area contributed by atoms with Crippen LogP contribution in [-0.2, 0) is 10.0 Å². The first kappa shape index (κ1) is 21.2. The molecule has 10 heteroatoms. The summed E-state index contributed by atoms with van der Waals surface area (Å²) in [5.74, 6) is -0.188. The Labute approximate surface area is 184 Å². The number of aromatic nitrogens is 3. The van der Waals surface area contributed by atoms with Gasteiger partial charge < -0.3 is 19.8 Å². The number of aryl methyl sites for hydroxylation is 2. The molecular weight excluding hydrogens is 430 g/mol. The highest BCUT2D eigenvalue weighted by Crippen LogP contribution is 2.27. The van der Waals surface area contributed by atoms with Gasteiger partial charge in [0.2, 0.25) is 10.0 Å². The van der Waals surface area contributed by atoms with Crippen LogP contribution in [0.5, 0.6) is 0 Å². The minimum absolute atomic E-state index is 0.0493. The van der Waals surface area contributed by atoms with Crippen molar-refractivity contribution in [1.82, 2.24) is 15.1 Å². The fourth-order valence-corrected chi connectivity index (χ4v) is 3.86. The molecule has 0 fully saturated rings. The van der Waals surface area contributed by atoms with Crippen LogP contribution in [0.1, 0.15) is 21.8 Å². The van der Waals surface area contributed by atoms with Gasteiger partial charge in [0.15, 0.2) is 0 Å². The number of sulfonamides is 1. The summed E-state index contributed by atoms with van der Waals surface area (Å²) in [6.45, 7) is 3.37. The van der Waals surface area contributed by atoms with Crippen molar-refractivity contribution in [3.63, 3.8) is 0 Å². The lowest BCUT2D eigenvalue weighted by Gasteiger charge is -2.14. The van der Waals surface area contributed by atoms with Crippen LogP contribution in [0, 0.1) is 13.8 Å². The lowest BCUT2D eigenvalue weighted by molar-refractivity contribution is 0.102. The van der Waals surface area contributed by atoms with Crippen LogP contribution in [0.3, 0.4) is 0 Å². The maximum Gasteiger partial charge on any atom is 0.261 e. The first-order valence-corrected chi connectivity index (χ1v) is 11.0. The van der Waals surface area contributed by atoms with Gasteiger partial charge in [-0.05, 0) is 50.0 Å². The zero-order valence-electron chi connectivity index (χ0n) is 17.2. The van der Waals surface area contributed by atoms with E-state index in [1.165, 1.54) is 30.5 Å². The molecule has 9 nitrogen and oxygen atoms in total. The van der Waals surface area contributed by atoms with Crippen LogP contribution in [0.25, 0.3) is 16.0 Å². The number of carbonyl (C=O) groups excluding carboxylic acids is 1. The lowest BCUT2D eigenvalue weighted by atomic mass is 10.1. The monoisotopic (exact) mass is 448 g/mol. The molecule has 2 heterocycles. The maximum absolute atomic E-state index is 12.9. The smallest absolute Gasteiger partial charge is 0.261 e. The van der Waals surface area contributed by atoms with Gasteiger partial charge in [0.05, 0.1) is 4.90 Å². The topological polar surface area (TPSA) is 129 Å². The quantitative estimate of drug-likeness (QED) is 0.463. The summed E-state index contributed by atoms with van der Waals surface area (Å²) in [5.41, 5.74) is 2.48. The van der Waals surface area contributed by atoms with Gasteiger partial charge in [-0.15, -0.1) is 0 Å². The predicted octanol–water partition coefficient (Wildman–Crippen LogP) is 4.39. The van der Waals surface area contributed by atoms with E-state index in [0.29, 0.717) is 28.4 Å². The zero-order chi connectivity index (χ0) is 22.7. The third-order valence-corrected chi connectivity index (χ3v) is 5.80. The van der Waals surface area contributed by atoms with E-state index in [1.54, 1.807) is 19.9 Å². The molecule has 1 N–H and O–H groups in total. The van der Waals surface area contributed by atoms with Gasteiger partial charge in [-0.25, -0.2) is 8.42 Å². The largest absolute Gasteiger partial charge is 0.366 e. The van der Waals surface area contributed by atoms with Crippen molar-refractivity contribution in [1.29, 1.82) is 0 Å². The Bertz CT molecular complexity index is 1370. The van der Waals surface area contributed by atoms with Crippen LogP contribution in [0.15, 0.2) is 76.3 Å². The number of rotatable bonds is 6. The highest BCUT2D eigenvalue weighted by atomic mass is 32.2. The number of nitrogens with zero attached hydrogens (tertiary/aromatic N) is 4. The number of hydrogen-bond acceptors (Lipinski definition) is 7. The van der Waals surface area contributed by atoms with E-state index in [0.717, 1.165) is 5.56 Å². The second kappa shape index (κ2) is 8.60. The summed E-state index contributed by atoms with van der Waals surface area (Å²) in [5, 5.41) is 6.74. The predicted molar refractivity (Wildman–Crippen MR) is 118 cm³/mol. The van der Waals surface area contributed by atoms with Crippen molar-refractivity contribution in [3.05, 3.63) is 88.6 Å². The Morgan fingerprint density at radius 3 is 2.41 bits per heavy atom. The normalized spacial score (nSPS) is 11.2. The Kier molecular flexibility index (Phi) is 5.69. The second-order valence-electron chi connectivity index (χ2n) is 6.87. The van der Waals surface area contributed by atoms with Gasteiger partial charge in [-0.2, -0.15) is 0 Å². The van der Waals surface area contributed by atoms with Crippen molar-refractivity contribution >= 4 is 27.6 Å². The second-order valence-corrected chi connectivity index (χ2v) is 8.48. The van der Waals surface area contributed by atoms with Gasteiger partial charge >= 0.3 is 0 Å². The first-order valence-electron chi connectivity index (χ1n) is 9.54. The van der Waals surface area contributed by atoms with Crippen molar-refractivity contribution in [2.75, 3.05) is 5.32 Å². The first-order chi connectivity index (χ1) is 15.3. The maximum atomic E-state index is 12.9. The molecule has 0 aliphatic carbocycles. The van der Waals surface area contributed by atoms with Gasteiger partial charge in [-0.3, -0.25) is 9.52 Å². The van der Waals surface area contributed by atoms with Gasteiger partial charge in [0, 0.05) is 17.2 Å². The number of nitrogens with one attached hydrogen (secondary N) is 1. The molecule has 0 bridgehead atoms. The summed E-state index contributed by atoms with van der Waals surface area (Å²) < 4.78 is 33.9. The van der Waals surface area contributed by atoms with Gasteiger partial charge in [0.1, 0.15) is 17.0 Å². The standard InChI is InChI=1S/C22H19N5O4S/c1-14-12-13-23-22(24-14)27-32(29,30)18-10-8-17(9-11-18)25-21(28)19-15(2)31-26-20(19)16-6-4-3-5-7-16/h3-13H,1-2H3,(H2,23,24,25,27,28)/p-1. The molecule has 2 aromatic carbocycles. The molecule has 0 aliphatic heterocycles. The molecule has 0 unspecified atom stereocenters. The molecule has 0 saturated heterocycles. The van der Waals surface area contributed by atoms with Gasteiger partial charge in [0.25, 0.3) is 5.91 Å². The molecule has 0 spiro atoms. The molecule has 162 valence electrons. The van der Waals surface area contributed by atoms with E-state index >= 15 is 0 Å². The number of carbonyl (C=O) groups is 1. The summed E-state index contributed by atoms with van der Waals surface area (Å²) >= 11 is 0. The number of hydrogen-bond donors (Lipinski definition) is 1. The summed E-state index contributed by atoms with van der Waals surface area (Å²) in [6.07, 6.45) is 1.44. The third-order valence-electron chi connectivity index (χ3n) is 4.53. The highest BCUT2D eigenvalue weighted by Gasteiger charge is 2.22. The van der Waals surface area contributed by atoms with E-state index in [2.05, 4.69) is 25.2 Å². The molecule has 4 aromatic rings. The average molecular weight is 448 g/mol. The number of anilines is 1. The van der Waals surface area contributed by atoms with E-state index in [4.69, 9.17) is 4.52 Å². The lowest BCUT2D eigenvalue weighted by Crippen LogP contribution is -2.13. The highest BCUT2D eigenvalue weighted by molar-refractivity contribution is 7.94. The molecule has 4 rings (SSSR count). The minimum atomic E-state index is -4.01. The fraction of sp³-hybridized carbons (Fsp3) is 0.0909. The summed E-state index contributed by atoms with van der Waals surface area (Å²) in [7, 11) is -4.01. The van der Waals surface area contributed by atoms with Crippen molar-refractivity contribution in [2.45, 2.75) is 18.7 Å². The van der Waals surface area contributed by atoms with Crippen molar-refractivity contribution in [2.24, 2.45) is 0 Å². The summed E-state index contributed by atoms with van der Waals surface area (Å²) in [4.78, 5) is 20.7. The van der Waals surface area contributed by atoms with Crippen LogP contribution < -0.4 is 5.32 Å². The molecule has 1 amide bonds. The Balaban J connectivity index is 1.52. The fourth-order valence-electron chi connectivity index (χ4n) is 2.98. The van der Waals surface area contributed by atoms with E-state index in [-0.39, 0.29) is 10.8 Å². The molecule has 0 aliphatic rings. The van der Waals surface area contributed by atoms with Crippen LogP contribution in [0.4, 0.5) is 11.6 Å². The Hall–Kier alpha value is -4.05. The van der Waals surface area contributed by atoms with Crippen LogP contribution >= 0.6 is 0 Å². The minimum Gasteiger partial charge on any atom is -0.366 e. The molecule has 0 atom stereocenters. The third kappa shape index (κ3) is 4.49. The van der Waals surface area contributed by atoms with E-state index in [9.17, 15) is 13.2 Å². The Morgan fingerprint density at radius 1 is 1.00 bits per heavy atom. The molecule has 0 radical (unpaired) electrons. The molecule has 0 saturated carbocycles. The van der Waals surface area contributed by atoms with Crippen LogP contribution in [0.2, 0.25) is 0 Å². The van der Waals surface area contributed by atoms with Gasteiger partial charge in [-0.1, -0.05) is 41.6 Å². The molecular formula is C22H18N5O4S-. The number of amides is 1. The Morgan fingerprint density at radius 2 is 1.72 bits per heavy atom. The molecule has 32 heavy (non-hydrogen) atoms. The van der Waals surface area contributed by atoms with E-state index < -0.39 is 15.9 Å². The van der Waals surface area contributed by atoms with Crippen molar-refractivity contribution < 1.29 is 17.7 Å². The number of benzene rings is 2. The van der Waals surface area contributed by atoms with E-state index in [1.807, 2.05) is 30.3 Å². The summed E-state index contributed by atoms with van der Waals surface area (Å²) in [6, 6.07) is 16.5.